The topological polar surface area (TPSA) is 95.1 Å². The number of aromatic nitrogens is 3. The number of ketones is 1. The summed E-state index contributed by atoms with van der Waals surface area (Å²) in [6, 6.07) is 14.5. The predicted molar refractivity (Wildman–Crippen MR) is 162 cm³/mol. The second-order valence-electron chi connectivity index (χ2n) is 12.0. The molecule has 4 aromatic rings. The van der Waals surface area contributed by atoms with Crippen LogP contribution in [0.25, 0.3) is 16.5 Å². The quantitative estimate of drug-likeness (QED) is 0.309. The lowest BCUT2D eigenvalue weighted by Crippen LogP contribution is -2.43. The van der Waals surface area contributed by atoms with Crippen LogP contribution in [-0.4, -0.2) is 46.7 Å². The van der Waals surface area contributed by atoms with Gasteiger partial charge in [-0.15, -0.1) is 0 Å². The summed E-state index contributed by atoms with van der Waals surface area (Å²) >= 11 is 0. The van der Waals surface area contributed by atoms with Gasteiger partial charge in [-0.25, -0.2) is 4.68 Å². The highest BCUT2D eigenvalue weighted by Gasteiger charge is 2.36. The highest BCUT2D eigenvalue weighted by Crippen LogP contribution is 2.38. The van der Waals surface area contributed by atoms with Crippen molar-refractivity contribution in [3.05, 3.63) is 75.5 Å². The molecule has 0 spiro atoms. The zero-order valence-electron chi connectivity index (χ0n) is 23.9. The molecule has 208 valence electrons. The Morgan fingerprint density at radius 3 is 2.48 bits per heavy atom. The Kier molecular flexibility index (Phi) is 6.74. The number of aryl methyl sites for hydroxylation is 2. The van der Waals surface area contributed by atoms with Crippen LogP contribution in [0, 0.1) is 12.3 Å². The van der Waals surface area contributed by atoms with Crippen LogP contribution in [0.3, 0.4) is 0 Å². The number of nitrogens with one attached hydrogen (secondary N) is 3. The van der Waals surface area contributed by atoms with Gasteiger partial charge in [0.05, 0.1) is 33.7 Å². The van der Waals surface area contributed by atoms with E-state index in [4.69, 9.17) is 5.10 Å². The maximum absolute atomic E-state index is 13.4. The fourth-order valence-electron chi connectivity index (χ4n) is 6.26. The second-order valence-corrected chi connectivity index (χ2v) is 12.0. The molecule has 0 radical (unpaired) electrons. The first kappa shape index (κ1) is 26.3. The van der Waals surface area contributed by atoms with Gasteiger partial charge in [0.2, 0.25) is 0 Å². The van der Waals surface area contributed by atoms with Gasteiger partial charge >= 0.3 is 0 Å². The van der Waals surface area contributed by atoms with Gasteiger partial charge in [0, 0.05) is 49.7 Å². The standard InChI is InChI=1S/C32H38N6O2/c1-5-6-23-15-21-16-25(38-27-18-32(3,4)19-28(39)29(27)20(2)36-38)17-26(30(21)31(40)35-23)34-22-7-9-24(10-8-22)37-13-11-33-12-14-37/h7-10,15-17,33-34H,5-6,11-14,18-19H2,1-4H3,(H,35,40). The summed E-state index contributed by atoms with van der Waals surface area (Å²) in [7, 11) is 0. The molecule has 2 aromatic carbocycles. The van der Waals surface area contributed by atoms with Crippen LogP contribution in [0.2, 0.25) is 0 Å². The van der Waals surface area contributed by atoms with Gasteiger partial charge in [0.15, 0.2) is 5.78 Å². The molecule has 3 N–H and O–H groups in total. The van der Waals surface area contributed by atoms with Crippen molar-refractivity contribution in [1.82, 2.24) is 20.1 Å². The Balaban J connectivity index is 1.46. The molecule has 0 atom stereocenters. The molecule has 40 heavy (non-hydrogen) atoms. The SMILES string of the molecule is CCCc1cc2cc(-n3nc(C)c4c3CC(C)(C)CC4=O)cc(Nc3ccc(N4CCNCC4)cc3)c2c(=O)[nH]1. The Morgan fingerprint density at radius 2 is 1.75 bits per heavy atom. The Hall–Kier alpha value is -3.91. The number of benzene rings is 2. The Labute approximate surface area is 234 Å². The van der Waals surface area contributed by atoms with Gasteiger partial charge < -0.3 is 20.5 Å². The number of Topliss-reactive ketones (excluding diaryl/α,β-unsaturated/α-hetero) is 1. The fraction of sp³-hybridized carbons (Fsp3) is 0.406. The number of aromatic amines is 1. The molecule has 1 aliphatic carbocycles. The van der Waals surface area contributed by atoms with E-state index in [-0.39, 0.29) is 16.8 Å². The number of fused-ring (bicyclic) bond motifs is 2. The normalized spacial score (nSPS) is 16.8. The average molecular weight is 539 g/mol. The lowest BCUT2D eigenvalue weighted by atomic mass is 9.75. The van der Waals surface area contributed by atoms with Gasteiger partial charge in [-0.05, 0) is 73.0 Å². The highest BCUT2D eigenvalue weighted by molar-refractivity contribution is 6.00. The summed E-state index contributed by atoms with van der Waals surface area (Å²) in [6.45, 7) is 12.2. The summed E-state index contributed by atoms with van der Waals surface area (Å²) in [5, 5.41) is 13.2. The molecule has 8 heteroatoms. The van der Waals surface area contributed by atoms with Crippen LogP contribution in [0.15, 0.2) is 47.3 Å². The van der Waals surface area contributed by atoms with Crippen LogP contribution in [0.4, 0.5) is 17.1 Å². The largest absolute Gasteiger partial charge is 0.369 e. The van der Waals surface area contributed by atoms with Crippen LogP contribution in [-0.2, 0) is 12.8 Å². The summed E-state index contributed by atoms with van der Waals surface area (Å²) < 4.78 is 1.92. The number of H-pyrrole nitrogens is 1. The molecule has 2 aromatic heterocycles. The van der Waals surface area contributed by atoms with Crippen molar-refractivity contribution < 1.29 is 4.79 Å². The van der Waals surface area contributed by atoms with Gasteiger partial charge in [-0.1, -0.05) is 27.2 Å². The van der Waals surface area contributed by atoms with Crippen LogP contribution in [0.1, 0.15) is 61.1 Å². The third kappa shape index (κ3) is 4.92. The first-order chi connectivity index (χ1) is 19.2. The van der Waals surface area contributed by atoms with E-state index in [9.17, 15) is 9.59 Å². The molecule has 1 saturated heterocycles. The highest BCUT2D eigenvalue weighted by atomic mass is 16.1. The summed E-state index contributed by atoms with van der Waals surface area (Å²) in [6.07, 6.45) is 3.02. The van der Waals surface area contributed by atoms with Crippen molar-refractivity contribution >= 4 is 33.6 Å². The summed E-state index contributed by atoms with van der Waals surface area (Å²) in [5.41, 5.74) is 6.78. The fourth-order valence-corrected chi connectivity index (χ4v) is 6.26. The zero-order chi connectivity index (χ0) is 28.0. The number of nitrogens with zero attached hydrogens (tertiary/aromatic N) is 3. The minimum absolute atomic E-state index is 0.109. The van der Waals surface area contributed by atoms with Crippen LogP contribution in [0.5, 0.6) is 0 Å². The molecule has 8 nitrogen and oxygen atoms in total. The van der Waals surface area contributed by atoms with Gasteiger partial charge in [0.25, 0.3) is 5.56 Å². The number of hydrogen-bond acceptors (Lipinski definition) is 6. The summed E-state index contributed by atoms with van der Waals surface area (Å²) in [5.74, 6) is 0.153. The van der Waals surface area contributed by atoms with E-state index < -0.39 is 0 Å². The van der Waals surface area contributed by atoms with Crippen molar-refractivity contribution in [2.45, 2.75) is 53.4 Å². The number of carbonyl (C=O) groups excluding carboxylic acids is 1. The molecule has 0 bridgehead atoms. The van der Waals surface area contributed by atoms with Gasteiger partial charge in [0.1, 0.15) is 0 Å². The predicted octanol–water partition coefficient (Wildman–Crippen LogP) is 5.28. The number of piperazine rings is 1. The number of pyridine rings is 1. The van der Waals surface area contributed by atoms with Crippen molar-refractivity contribution in [3.63, 3.8) is 0 Å². The zero-order valence-corrected chi connectivity index (χ0v) is 23.9. The van der Waals surface area contributed by atoms with E-state index in [1.165, 1.54) is 5.69 Å². The van der Waals surface area contributed by atoms with E-state index in [0.29, 0.717) is 11.8 Å². The molecule has 1 aliphatic heterocycles. The monoisotopic (exact) mass is 538 g/mol. The Morgan fingerprint density at radius 1 is 1.00 bits per heavy atom. The third-order valence-electron chi connectivity index (χ3n) is 8.10. The minimum Gasteiger partial charge on any atom is -0.369 e. The molecule has 0 amide bonds. The molecule has 0 unspecified atom stereocenters. The van der Waals surface area contributed by atoms with Crippen LogP contribution >= 0.6 is 0 Å². The smallest absolute Gasteiger partial charge is 0.258 e. The maximum Gasteiger partial charge on any atom is 0.258 e. The molecular weight excluding hydrogens is 500 g/mol. The van der Waals surface area contributed by atoms with Crippen molar-refractivity contribution in [1.29, 1.82) is 0 Å². The van der Waals surface area contributed by atoms with Crippen molar-refractivity contribution in [3.8, 4) is 5.69 Å². The van der Waals surface area contributed by atoms with Crippen LogP contribution < -0.4 is 21.1 Å². The third-order valence-corrected chi connectivity index (χ3v) is 8.10. The number of carbonyl (C=O) groups is 1. The van der Waals surface area contributed by atoms with E-state index in [0.717, 1.165) is 90.5 Å². The number of rotatable bonds is 6. The lowest BCUT2D eigenvalue weighted by Gasteiger charge is -2.29. The molecule has 3 heterocycles. The van der Waals surface area contributed by atoms with E-state index >= 15 is 0 Å². The number of anilines is 3. The molecular formula is C32H38N6O2. The molecule has 6 rings (SSSR count). The molecule has 1 fully saturated rings. The maximum atomic E-state index is 13.4. The molecule has 2 aliphatic rings. The second kappa shape index (κ2) is 10.2. The first-order valence-corrected chi connectivity index (χ1v) is 14.4. The Bertz CT molecular complexity index is 1640. The first-order valence-electron chi connectivity index (χ1n) is 14.4. The van der Waals surface area contributed by atoms with E-state index in [1.54, 1.807) is 0 Å². The summed E-state index contributed by atoms with van der Waals surface area (Å²) in [4.78, 5) is 31.9. The lowest BCUT2D eigenvalue weighted by molar-refractivity contribution is 0.0910. The van der Waals surface area contributed by atoms with Crippen molar-refractivity contribution in [2.75, 3.05) is 36.4 Å². The number of hydrogen-bond donors (Lipinski definition) is 3. The van der Waals surface area contributed by atoms with Gasteiger partial charge in [-0.3, -0.25) is 9.59 Å². The van der Waals surface area contributed by atoms with E-state index in [1.807, 2.05) is 23.7 Å². The molecule has 0 saturated carbocycles. The minimum atomic E-state index is -0.135. The van der Waals surface area contributed by atoms with Gasteiger partial charge in [-0.2, -0.15) is 5.10 Å². The van der Waals surface area contributed by atoms with E-state index in [2.05, 4.69) is 71.6 Å². The average Bonchev–Trinajstić information content (AvgIpc) is 3.24. The van der Waals surface area contributed by atoms with Crippen molar-refractivity contribution in [2.24, 2.45) is 5.41 Å².